The summed E-state index contributed by atoms with van der Waals surface area (Å²) in [5, 5.41) is 5.83. The van der Waals surface area contributed by atoms with Crippen molar-refractivity contribution in [1.82, 2.24) is 15.5 Å². The van der Waals surface area contributed by atoms with E-state index in [-0.39, 0.29) is 24.3 Å². The number of carbonyl (C=O) groups is 2. The molecule has 0 saturated carbocycles. The minimum atomic E-state index is -0.0646. The van der Waals surface area contributed by atoms with Crippen LogP contribution in [0, 0.1) is 5.92 Å². The molecule has 0 aliphatic carbocycles. The Bertz CT molecular complexity index is 243. The van der Waals surface area contributed by atoms with Crippen LogP contribution in [0.5, 0.6) is 0 Å². The normalized spacial score (nSPS) is 18.5. The molecule has 2 amide bonds. The molecule has 1 atom stereocenters. The minimum Gasteiger partial charge on any atom is -0.353 e. The maximum atomic E-state index is 11.9. The number of carbonyl (C=O) groups excluding carboxylic acids is 2. The number of nitrogens with zero attached hydrogens (tertiary/aromatic N) is 1. The van der Waals surface area contributed by atoms with Crippen LogP contribution < -0.4 is 10.6 Å². The number of hydrogen-bond donors (Lipinski definition) is 2. The average Bonchev–Trinajstić information content (AvgIpc) is 2.24. The highest BCUT2D eigenvalue weighted by atomic mass is 16.2. The van der Waals surface area contributed by atoms with E-state index in [1.807, 2.05) is 13.8 Å². The van der Waals surface area contributed by atoms with Gasteiger partial charge in [0.1, 0.15) is 0 Å². The van der Waals surface area contributed by atoms with E-state index in [1.165, 1.54) is 0 Å². The van der Waals surface area contributed by atoms with Crippen LogP contribution in [0.25, 0.3) is 0 Å². The predicted octanol–water partition coefficient (Wildman–Crippen LogP) is -0.810. The second-order valence-electron chi connectivity index (χ2n) is 3.82. The topological polar surface area (TPSA) is 61.4 Å². The molecule has 86 valence electrons. The Hall–Kier alpha value is -1.10. The van der Waals surface area contributed by atoms with Gasteiger partial charge in [0.15, 0.2) is 0 Å². The Balaban J connectivity index is 2.40. The molecular weight excluding hydrogens is 194 g/mol. The monoisotopic (exact) mass is 213 g/mol. The van der Waals surface area contributed by atoms with E-state index in [0.717, 1.165) is 6.54 Å². The van der Waals surface area contributed by atoms with Crippen molar-refractivity contribution in [3.05, 3.63) is 0 Å². The summed E-state index contributed by atoms with van der Waals surface area (Å²) < 4.78 is 0. The molecule has 5 nitrogen and oxygen atoms in total. The van der Waals surface area contributed by atoms with E-state index in [4.69, 9.17) is 0 Å². The first-order valence-electron chi connectivity index (χ1n) is 5.41. The summed E-state index contributed by atoms with van der Waals surface area (Å²) in [5.74, 6) is -0.0631. The van der Waals surface area contributed by atoms with Crippen molar-refractivity contribution in [2.75, 3.05) is 32.7 Å². The van der Waals surface area contributed by atoms with Gasteiger partial charge in [-0.2, -0.15) is 0 Å². The van der Waals surface area contributed by atoms with Gasteiger partial charge in [-0.25, -0.2) is 0 Å². The van der Waals surface area contributed by atoms with E-state index in [1.54, 1.807) is 4.90 Å². The molecule has 2 N–H and O–H groups in total. The number of nitrogens with one attached hydrogen (secondary N) is 2. The molecule has 0 aromatic heterocycles. The Morgan fingerprint density at radius 3 is 3.00 bits per heavy atom. The van der Waals surface area contributed by atoms with Crippen LogP contribution in [0.15, 0.2) is 0 Å². The molecule has 1 heterocycles. The lowest BCUT2D eigenvalue weighted by molar-refractivity contribution is -0.140. The zero-order chi connectivity index (χ0) is 11.3. The van der Waals surface area contributed by atoms with Crippen molar-refractivity contribution in [1.29, 1.82) is 0 Å². The van der Waals surface area contributed by atoms with E-state index < -0.39 is 0 Å². The predicted molar refractivity (Wildman–Crippen MR) is 57.3 cm³/mol. The van der Waals surface area contributed by atoms with Gasteiger partial charge in [0.05, 0.1) is 6.54 Å². The van der Waals surface area contributed by atoms with Crippen LogP contribution >= 0.6 is 0 Å². The van der Waals surface area contributed by atoms with Crippen LogP contribution in [0.2, 0.25) is 0 Å². The molecular formula is C10H19N3O2. The van der Waals surface area contributed by atoms with Crippen molar-refractivity contribution in [3.8, 4) is 0 Å². The maximum Gasteiger partial charge on any atom is 0.239 e. The van der Waals surface area contributed by atoms with Gasteiger partial charge in [-0.3, -0.25) is 9.59 Å². The lowest BCUT2D eigenvalue weighted by Crippen LogP contribution is -2.52. The van der Waals surface area contributed by atoms with Crippen molar-refractivity contribution in [2.45, 2.75) is 13.8 Å². The fourth-order valence-electron chi connectivity index (χ4n) is 1.59. The molecule has 15 heavy (non-hydrogen) atoms. The van der Waals surface area contributed by atoms with E-state index in [0.29, 0.717) is 19.6 Å². The smallest absolute Gasteiger partial charge is 0.239 e. The van der Waals surface area contributed by atoms with Crippen molar-refractivity contribution in [2.24, 2.45) is 5.92 Å². The van der Waals surface area contributed by atoms with Crippen molar-refractivity contribution in [3.63, 3.8) is 0 Å². The third kappa shape index (κ3) is 3.51. The second-order valence-corrected chi connectivity index (χ2v) is 3.82. The van der Waals surface area contributed by atoms with Gasteiger partial charge in [-0.1, -0.05) is 13.8 Å². The molecule has 5 heteroatoms. The van der Waals surface area contributed by atoms with Gasteiger partial charge < -0.3 is 15.5 Å². The number of hydrogen-bond acceptors (Lipinski definition) is 3. The van der Waals surface area contributed by atoms with Crippen LogP contribution in [-0.2, 0) is 9.59 Å². The van der Waals surface area contributed by atoms with Crippen LogP contribution in [0.3, 0.4) is 0 Å². The summed E-state index contributed by atoms with van der Waals surface area (Å²) in [4.78, 5) is 24.6. The summed E-state index contributed by atoms with van der Waals surface area (Å²) in [7, 11) is 0. The molecule has 0 aromatic carbocycles. The highest BCUT2D eigenvalue weighted by Gasteiger charge is 2.24. The maximum absolute atomic E-state index is 11.9. The molecule has 0 radical (unpaired) electrons. The molecule has 0 bridgehead atoms. The average molecular weight is 213 g/mol. The molecule has 1 aliphatic rings. The standard InChI is InChI=1S/C10H19N3O2/c1-3-11-6-8(2)10(15)13-5-4-12-9(14)7-13/h8,11H,3-7H2,1-2H3,(H,12,14). The first kappa shape index (κ1) is 12.0. The number of amides is 2. The van der Waals surface area contributed by atoms with Gasteiger partial charge in [0.25, 0.3) is 0 Å². The molecule has 1 unspecified atom stereocenters. The third-order valence-electron chi connectivity index (χ3n) is 2.47. The lowest BCUT2D eigenvalue weighted by atomic mass is 10.1. The minimum absolute atomic E-state index is 0.0594. The van der Waals surface area contributed by atoms with Gasteiger partial charge in [-0.05, 0) is 6.54 Å². The number of piperazine rings is 1. The second kappa shape index (κ2) is 5.70. The summed E-state index contributed by atoms with van der Waals surface area (Å²) in [6, 6.07) is 0. The molecule has 1 saturated heterocycles. The van der Waals surface area contributed by atoms with E-state index in [2.05, 4.69) is 10.6 Å². The molecule has 0 aromatic rings. The number of rotatable bonds is 4. The summed E-state index contributed by atoms with van der Waals surface area (Å²) in [6.07, 6.45) is 0. The summed E-state index contributed by atoms with van der Waals surface area (Å²) in [6.45, 7) is 6.82. The Morgan fingerprint density at radius 1 is 1.67 bits per heavy atom. The van der Waals surface area contributed by atoms with E-state index >= 15 is 0 Å². The van der Waals surface area contributed by atoms with Gasteiger partial charge in [0, 0.05) is 25.6 Å². The van der Waals surface area contributed by atoms with Crippen molar-refractivity contribution >= 4 is 11.8 Å². The molecule has 0 spiro atoms. The first-order chi connectivity index (χ1) is 7.15. The molecule has 1 rings (SSSR count). The van der Waals surface area contributed by atoms with Crippen molar-refractivity contribution < 1.29 is 9.59 Å². The van der Waals surface area contributed by atoms with E-state index in [9.17, 15) is 9.59 Å². The first-order valence-corrected chi connectivity index (χ1v) is 5.41. The van der Waals surface area contributed by atoms with Crippen LogP contribution in [0.1, 0.15) is 13.8 Å². The summed E-state index contributed by atoms with van der Waals surface area (Å²) in [5.41, 5.74) is 0. The fraction of sp³-hybridized carbons (Fsp3) is 0.800. The Labute approximate surface area is 90.2 Å². The largest absolute Gasteiger partial charge is 0.353 e. The fourth-order valence-corrected chi connectivity index (χ4v) is 1.59. The third-order valence-corrected chi connectivity index (χ3v) is 2.47. The SMILES string of the molecule is CCNCC(C)C(=O)N1CCNC(=O)C1. The highest BCUT2D eigenvalue weighted by molar-refractivity contribution is 5.86. The van der Waals surface area contributed by atoms with Crippen LogP contribution in [0.4, 0.5) is 0 Å². The van der Waals surface area contributed by atoms with Gasteiger partial charge >= 0.3 is 0 Å². The Kier molecular flexibility index (Phi) is 4.55. The molecule has 1 aliphatic heterocycles. The Morgan fingerprint density at radius 2 is 2.40 bits per heavy atom. The van der Waals surface area contributed by atoms with Gasteiger partial charge in [-0.15, -0.1) is 0 Å². The zero-order valence-corrected chi connectivity index (χ0v) is 9.38. The summed E-state index contributed by atoms with van der Waals surface area (Å²) >= 11 is 0. The van der Waals surface area contributed by atoms with Crippen LogP contribution in [-0.4, -0.2) is 49.4 Å². The van der Waals surface area contributed by atoms with Gasteiger partial charge in [0.2, 0.25) is 11.8 Å². The molecule has 1 fully saturated rings. The lowest BCUT2D eigenvalue weighted by Gasteiger charge is -2.29. The quantitative estimate of drug-likeness (QED) is 0.642. The zero-order valence-electron chi connectivity index (χ0n) is 9.38. The highest BCUT2D eigenvalue weighted by Crippen LogP contribution is 2.03.